The molecule has 0 bridgehead atoms. The molecule has 259 valence electrons. The van der Waals surface area contributed by atoms with Crippen LogP contribution in [0.5, 0.6) is 0 Å². The third-order valence-corrected chi connectivity index (χ3v) is 6.61. The Labute approximate surface area is 287 Å². The average molecular weight is 740 g/mol. The second-order valence-corrected chi connectivity index (χ2v) is 10.2. The van der Waals surface area contributed by atoms with Crippen molar-refractivity contribution in [1.82, 2.24) is 9.80 Å². The molecule has 0 aliphatic carbocycles. The van der Waals surface area contributed by atoms with Gasteiger partial charge in [-0.2, -0.15) is 0 Å². The topological polar surface area (TPSA) is 226 Å². The Kier molecular flexibility index (Phi) is 20.4. The van der Waals surface area contributed by atoms with E-state index in [2.05, 4.69) is 10.3 Å². The molecule has 2 aromatic rings. The van der Waals surface area contributed by atoms with Gasteiger partial charge in [0, 0.05) is 45.4 Å². The smallest absolute Gasteiger partial charge is 0.317 e. The quantitative estimate of drug-likeness (QED) is 0.127. The first-order valence-electron chi connectivity index (χ1n) is 14.8. The number of aliphatic imine (C=N–C) groups is 1. The van der Waals surface area contributed by atoms with Crippen molar-refractivity contribution in [2.75, 3.05) is 44.6 Å². The van der Waals surface area contributed by atoms with Crippen LogP contribution in [0.25, 0.3) is 0 Å². The fourth-order valence-electron chi connectivity index (χ4n) is 4.58. The molecule has 0 saturated carbocycles. The van der Waals surface area contributed by atoms with E-state index in [0.717, 1.165) is 50.6 Å². The van der Waals surface area contributed by atoms with E-state index in [4.69, 9.17) is 10.2 Å². The first-order valence-corrected chi connectivity index (χ1v) is 14.8. The molecule has 0 fully saturated rings. The van der Waals surface area contributed by atoms with E-state index in [1.807, 2.05) is 64.1 Å². The fraction of sp³-hybridized carbons (Fsp3) is 0.438. The van der Waals surface area contributed by atoms with Gasteiger partial charge in [0.15, 0.2) is 0 Å². The van der Waals surface area contributed by atoms with Gasteiger partial charge in [0.25, 0.3) is 0 Å². The summed E-state index contributed by atoms with van der Waals surface area (Å²) in [4.78, 5) is 61.0. The van der Waals surface area contributed by atoms with Crippen LogP contribution in [0.1, 0.15) is 49.9 Å². The minimum atomic E-state index is -1.47. The zero-order valence-corrected chi connectivity index (χ0v) is 28.8. The van der Waals surface area contributed by atoms with Crippen molar-refractivity contribution in [2.45, 2.75) is 53.4 Å². The molecule has 0 spiro atoms. The normalized spacial score (nSPS) is 10.9. The van der Waals surface area contributed by atoms with Gasteiger partial charge < -0.3 is 40.4 Å². The van der Waals surface area contributed by atoms with Crippen LogP contribution < -0.4 is 20.6 Å². The number of benzene rings is 2. The van der Waals surface area contributed by atoms with Crippen LogP contribution in [0.2, 0.25) is 0 Å². The molecule has 0 atom stereocenters. The van der Waals surface area contributed by atoms with Crippen LogP contribution in [0.3, 0.4) is 0 Å². The Bertz CT molecular complexity index is 1320. The predicted molar refractivity (Wildman–Crippen MR) is 164 cm³/mol. The molecule has 15 heteroatoms. The molecule has 0 aliphatic heterocycles. The molecule has 2 aromatic carbocycles. The molecule has 0 aliphatic rings. The monoisotopic (exact) mass is 739 g/mol. The van der Waals surface area contributed by atoms with Crippen molar-refractivity contribution in [2.24, 2.45) is 4.99 Å². The third kappa shape index (κ3) is 16.3. The molecule has 1 amide bonds. The summed E-state index contributed by atoms with van der Waals surface area (Å²) in [6.45, 7) is 4.76. The van der Waals surface area contributed by atoms with E-state index in [9.17, 15) is 39.3 Å². The molecular weight excluding hydrogens is 698 g/mol. The fourth-order valence-corrected chi connectivity index (χ4v) is 4.58. The number of carbonyl (C=O) groups excluding carboxylic acids is 3. The number of nitrogens with zero attached hydrogens (tertiary/aromatic N) is 3. The van der Waals surface area contributed by atoms with E-state index < -0.39 is 68.4 Å². The van der Waals surface area contributed by atoms with Crippen molar-refractivity contribution < 1.29 is 69.6 Å². The van der Waals surface area contributed by atoms with Gasteiger partial charge in [-0.3, -0.25) is 29.2 Å². The molecule has 47 heavy (non-hydrogen) atoms. The van der Waals surface area contributed by atoms with Crippen LogP contribution in [0.15, 0.2) is 41.4 Å². The van der Waals surface area contributed by atoms with Crippen LogP contribution >= 0.6 is 0 Å². The Morgan fingerprint density at radius 3 is 1.38 bits per heavy atom. The average Bonchev–Trinajstić information content (AvgIpc) is 2.96. The molecule has 0 saturated heterocycles. The van der Waals surface area contributed by atoms with Gasteiger partial charge in [-0.25, -0.2) is 0 Å². The van der Waals surface area contributed by atoms with Crippen LogP contribution in [0, 0.1) is 0 Å². The molecule has 0 heterocycles. The molecule has 0 aromatic heterocycles. The Morgan fingerprint density at radius 2 is 1.02 bits per heavy atom. The second kappa shape index (κ2) is 22.4. The summed E-state index contributed by atoms with van der Waals surface area (Å²) in [7, 11) is 0. The zero-order valence-electron chi connectivity index (χ0n) is 26.9. The minimum Gasteiger partial charge on any atom is -0.861 e. The van der Waals surface area contributed by atoms with Gasteiger partial charge in [-0.15, -0.1) is 0 Å². The Hall–Kier alpha value is -4.17. The number of anilines is 1. The number of amides is 1. The van der Waals surface area contributed by atoms with Crippen LogP contribution in [-0.4, -0.2) is 95.0 Å². The van der Waals surface area contributed by atoms with Crippen molar-refractivity contribution in [3.8, 4) is 0 Å². The summed E-state index contributed by atoms with van der Waals surface area (Å²) < 4.78 is 0. The van der Waals surface area contributed by atoms with E-state index in [-0.39, 0.29) is 26.7 Å². The maximum Gasteiger partial charge on any atom is 0.317 e. The maximum atomic E-state index is 12.2. The molecule has 14 nitrogen and oxygen atoms in total. The molecule has 0 unspecified atom stereocenters. The first kappa shape index (κ1) is 42.8. The van der Waals surface area contributed by atoms with Gasteiger partial charge >= 0.3 is 11.9 Å². The number of carboxylic acid groups (broad SMARTS) is 4. The Morgan fingerprint density at radius 1 is 0.638 bits per heavy atom. The number of nitrogens with one attached hydrogen (secondary N) is 1. The van der Waals surface area contributed by atoms with Crippen molar-refractivity contribution in [1.29, 1.82) is 0 Å². The standard InChI is InChI=1S/2C16H22N2O5.Tc/c2*1-3-11-6-5-7-12(4-2)16(11)17-13(19)8-18(9-14(20)21)10-15(22)23;/h2*5-7H,3-4,8-10H2,1-2H3,(H,17,19)(H,20,21)(H,22,23);/p-3/i;;1+0. The largest absolute Gasteiger partial charge is 0.861 e. The predicted octanol–water partition coefficient (Wildman–Crippen LogP) is -0.778. The van der Waals surface area contributed by atoms with Crippen LogP contribution in [0.4, 0.5) is 11.4 Å². The third-order valence-electron chi connectivity index (χ3n) is 6.61. The molecule has 2 rings (SSSR count). The maximum absolute atomic E-state index is 12.2. The minimum absolute atomic E-state index is 0. The number of rotatable bonds is 18. The van der Waals surface area contributed by atoms with Gasteiger partial charge in [-0.1, -0.05) is 64.1 Å². The number of carbonyl (C=O) groups is 5. The summed E-state index contributed by atoms with van der Waals surface area (Å²) in [5.74, 6) is -6.33. The summed E-state index contributed by atoms with van der Waals surface area (Å²) in [5, 5.41) is 53.7. The van der Waals surface area contributed by atoms with E-state index in [1.54, 1.807) is 0 Å². The van der Waals surface area contributed by atoms with Gasteiger partial charge in [0.1, 0.15) is 0 Å². The summed E-state index contributed by atoms with van der Waals surface area (Å²) in [6.07, 6.45) is 2.89. The van der Waals surface area contributed by atoms with Gasteiger partial charge in [-0.05, 0) is 53.8 Å². The Balaban J connectivity index is 0.000000882. The number of para-hydroxylation sites is 2. The van der Waals surface area contributed by atoms with Crippen molar-refractivity contribution in [3.63, 3.8) is 0 Å². The second-order valence-electron chi connectivity index (χ2n) is 10.2. The first-order chi connectivity index (χ1) is 21.7. The van der Waals surface area contributed by atoms with E-state index in [0.29, 0.717) is 18.5 Å². The SMILES string of the molecule is CCc1cccc(CC)c1N=C([O-])CN(CC(=O)[O-])CC(=O)[O-].CCc1cccc(CC)c1NC(=O)CN(CC(=O)O)CC(=O)O.[98Tc]. The van der Waals surface area contributed by atoms with Crippen molar-refractivity contribution >= 4 is 47.1 Å². The van der Waals surface area contributed by atoms with Gasteiger partial charge in [0.05, 0.1) is 37.3 Å². The van der Waals surface area contributed by atoms with Gasteiger partial charge in [0.2, 0.25) is 5.91 Å². The molecular formula is C32H41N4O10Tc-3. The molecule has 1 radical (unpaired) electrons. The number of aliphatic carboxylic acids is 4. The zero-order chi connectivity index (χ0) is 34.8. The summed E-state index contributed by atoms with van der Waals surface area (Å²) in [5.41, 5.74) is 5.09. The number of aryl methyl sites for hydroxylation is 4. The van der Waals surface area contributed by atoms with Crippen LogP contribution in [-0.2, 0) is 69.8 Å². The van der Waals surface area contributed by atoms with E-state index >= 15 is 0 Å². The van der Waals surface area contributed by atoms with E-state index in [1.165, 1.54) is 0 Å². The number of carboxylic acids is 4. The summed E-state index contributed by atoms with van der Waals surface area (Å²) in [6, 6.07) is 11.4. The summed E-state index contributed by atoms with van der Waals surface area (Å²) >= 11 is 0. The molecule has 3 N–H and O–H groups in total. The number of hydrogen-bond acceptors (Lipinski definition) is 11. The number of hydrogen-bond donors (Lipinski definition) is 3. The van der Waals surface area contributed by atoms with Crippen molar-refractivity contribution in [3.05, 3.63) is 58.7 Å².